The van der Waals surface area contributed by atoms with Gasteiger partial charge in [0.15, 0.2) is 0 Å². The molecule has 2 rings (SSSR count). The van der Waals surface area contributed by atoms with Gasteiger partial charge in [-0.1, -0.05) is 11.6 Å². The summed E-state index contributed by atoms with van der Waals surface area (Å²) in [5, 5.41) is 9.73. The summed E-state index contributed by atoms with van der Waals surface area (Å²) in [6.45, 7) is -0.232. The van der Waals surface area contributed by atoms with Crippen molar-refractivity contribution >= 4 is 22.9 Å². The third kappa shape index (κ3) is 3.17. The molecule has 0 bridgehead atoms. The number of benzene rings is 1. The lowest BCUT2D eigenvalue weighted by molar-refractivity contribution is 0.196. The second-order valence-corrected chi connectivity index (χ2v) is 6.48. The second kappa shape index (κ2) is 6.18. The van der Waals surface area contributed by atoms with E-state index in [9.17, 15) is 13.9 Å². The molecule has 2 nitrogen and oxygen atoms in total. The highest BCUT2D eigenvalue weighted by molar-refractivity contribution is 7.16. The fourth-order valence-electron chi connectivity index (χ4n) is 2.14. The minimum absolute atomic E-state index is 0.0713. The van der Waals surface area contributed by atoms with Gasteiger partial charge in [0.2, 0.25) is 0 Å². The van der Waals surface area contributed by atoms with Gasteiger partial charge in [-0.2, -0.15) is 0 Å². The molecule has 0 aliphatic heterocycles. The molecular weight excluding hydrogens is 304 g/mol. The molecular formula is C14H14ClF2NOS. The number of hydrogen-bond donors (Lipinski definition) is 2. The fraction of sp³-hybridized carbons (Fsp3) is 0.286. The molecule has 1 atom stereocenters. The molecule has 0 spiro atoms. The van der Waals surface area contributed by atoms with E-state index in [0.717, 1.165) is 10.9 Å². The molecule has 0 saturated heterocycles. The number of rotatable bonds is 5. The van der Waals surface area contributed by atoms with Crippen molar-refractivity contribution in [3.05, 3.63) is 56.7 Å². The van der Waals surface area contributed by atoms with E-state index in [0.29, 0.717) is 16.3 Å². The van der Waals surface area contributed by atoms with E-state index in [2.05, 4.69) is 0 Å². The quantitative estimate of drug-likeness (QED) is 0.890. The highest BCUT2D eigenvalue weighted by atomic mass is 35.5. The van der Waals surface area contributed by atoms with E-state index in [1.165, 1.54) is 23.5 Å². The zero-order valence-corrected chi connectivity index (χ0v) is 12.1. The molecule has 0 radical (unpaired) electrons. The van der Waals surface area contributed by atoms with Crippen LogP contribution in [0.4, 0.5) is 8.78 Å². The highest BCUT2D eigenvalue weighted by Gasteiger charge is 2.32. The molecule has 2 aromatic rings. The Morgan fingerprint density at radius 3 is 2.30 bits per heavy atom. The maximum Gasteiger partial charge on any atom is 0.126 e. The molecule has 0 aliphatic carbocycles. The van der Waals surface area contributed by atoms with E-state index in [4.69, 9.17) is 17.3 Å². The van der Waals surface area contributed by atoms with Crippen LogP contribution in [-0.2, 0) is 11.8 Å². The summed E-state index contributed by atoms with van der Waals surface area (Å²) in [7, 11) is 0. The largest absolute Gasteiger partial charge is 0.395 e. The van der Waals surface area contributed by atoms with Crippen LogP contribution in [0.25, 0.3) is 0 Å². The van der Waals surface area contributed by atoms with Gasteiger partial charge in [0.05, 0.1) is 10.9 Å². The summed E-state index contributed by atoms with van der Waals surface area (Å²) < 4.78 is 27.4. The average Bonchev–Trinajstić information content (AvgIpc) is 2.80. The van der Waals surface area contributed by atoms with Gasteiger partial charge < -0.3 is 10.8 Å². The molecule has 20 heavy (non-hydrogen) atoms. The lowest BCUT2D eigenvalue weighted by atomic mass is 9.78. The fourth-order valence-corrected chi connectivity index (χ4v) is 3.38. The van der Waals surface area contributed by atoms with Gasteiger partial charge in [-0.25, -0.2) is 8.78 Å². The number of halogens is 3. The Balaban J connectivity index is 2.42. The summed E-state index contributed by atoms with van der Waals surface area (Å²) in [6, 6.07) is 6.78. The van der Waals surface area contributed by atoms with Crippen LogP contribution in [0.2, 0.25) is 4.34 Å². The molecule has 1 heterocycles. The maximum atomic E-state index is 13.4. The minimum atomic E-state index is -0.920. The van der Waals surface area contributed by atoms with Crippen molar-refractivity contribution in [2.75, 3.05) is 13.2 Å². The van der Waals surface area contributed by atoms with Gasteiger partial charge in [-0.15, -0.1) is 11.3 Å². The van der Waals surface area contributed by atoms with Crippen molar-refractivity contribution in [2.45, 2.75) is 11.8 Å². The van der Waals surface area contributed by atoms with Crippen molar-refractivity contribution in [2.24, 2.45) is 5.73 Å². The monoisotopic (exact) mass is 317 g/mol. The molecule has 0 aliphatic rings. The Hall–Kier alpha value is -1.01. The smallest absolute Gasteiger partial charge is 0.126 e. The molecule has 1 unspecified atom stereocenters. The molecule has 1 aromatic heterocycles. The van der Waals surface area contributed by atoms with Crippen LogP contribution < -0.4 is 5.73 Å². The van der Waals surface area contributed by atoms with Crippen LogP contribution in [-0.4, -0.2) is 18.3 Å². The standard InChI is InChI=1S/C14H14ClF2NOS/c15-13-2-1-12(20-13)6-14(7-18,8-19)9-3-10(16)5-11(17)4-9/h1-5,19H,6-8,18H2. The van der Waals surface area contributed by atoms with E-state index < -0.39 is 17.0 Å². The van der Waals surface area contributed by atoms with E-state index >= 15 is 0 Å². The Bertz CT molecular complexity index is 578. The van der Waals surface area contributed by atoms with Crippen molar-refractivity contribution in [3.63, 3.8) is 0 Å². The predicted molar refractivity (Wildman–Crippen MR) is 77.2 cm³/mol. The third-order valence-electron chi connectivity index (χ3n) is 3.31. The van der Waals surface area contributed by atoms with Gasteiger partial charge in [0.25, 0.3) is 0 Å². The first-order chi connectivity index (χ1) is 9.49. The van der Waals surface area contributed by atoms with Crippen LogP contribution in [0, 0.1) is 11.6 Å². The Labute approximate surface area is 124 Å². The van der Waals surface area contributed by atoms with Gasteiger partial charge in [0.1, 0.15) is 11.6 Å². The van der Waals surface area contributed by atoms with E-state index in [1.807, 2.05) is 6.07 Å². The van der Waals surface area contributed by atoms with Gasteiger partial charge in [0, 0.05) is 22.9 Å². The lowest BCUT2D eigenvalue weighted by Gasteiger charge is -2.30. The number of aliphatic hydroxyl groups is 1. The van der Waals surface area contributed by atoms with Crippen LogP contribution in [0.5, 0.6) is 0 Å². The molecule has 0 saturated carbocycles. The van der Waals surface area contributed by atoms with Crippen LogP contribution in [0.1, 0.15) is 10.4 Å². The van der Waals surface area contributed by atoms with Crippen LogP contribution >= 0.6 is 22.9 Å². The van der Waals surface area contributed by atoms with Gasteiger partial charge in [-0.3, -0.25) is 0 Å². The first-order valence-corrected chi connectivity index (χ1v) is 7.20. The Morgan fingerprint density at radius 1 is 1.20 bits per heavy atom. The molecule has 6 heteroatoms. The molecule has 3 N–H and O–H groups in total. The number of nitrogens with two attached hydrogens (primary N) is 1. The van der Waals surface area contributed by atoms with Crippen LogP contribution in [0.3, 0.4) is 0 Å². The van der Waals surface area contributed by atoms with Crippen molar-refractivity contribution < 1.29 is 13.9 Å². The third-order valence-corrected chi connectivity index (χ3v) is 4.54. The normalized spacial score (nSPS) is 14.2. The first kappa shape index (κ1) is 15.4. The summed E-state index contributed by atoms with van der Waals surface area (Å²) >= 11 is 7.24. The maximum absolute atomic E-state index is 13.4. The minimum Gasteiger partial charge on any atom is -0.395 e. The molecule has 108 valence electrons. The Kier molecular flexibility index (Phi) is 4.75. The number of thiophene rings is 1. The Morgan fingerprint density at radius 2 is 1.85 bits per heavy atom. The average molecular weight is 318 g/mol. The van der Waals surface area contributed by atoms with E-state index in [-0.39, 0.29) is 13.2 Å². The molecule has 1 aromatic carbocycles. The second-order valence-electron chi connectivity index (χ2n) is 4.68. The summed E-state index contributed by atoms with van der Waals surface area (Å²) in [4.78, 5) is 0.902. The summed E-state index contributed by atoms with van der Waals surface area (Å²) in [6.07, 6.45) is 0.375. The summed E-state index contributed by atoms with van der Waals surface area (Å²) in [5.74, 6) is -1.37. The van der Waals surface area contributed by atoms with Crippen LogP contribution in [0.15, 0.2) is 30.3 Å². The van der Waals surface area contributed by atoms with Crippen molar-refractivity contribution in [3.8, 4) is 0 Å². The first-order valence-electron chi connectivity index (χ1n) is 6.01. The highest BCUT2D eigenvalue weighted by Crippen LogP contribution is 2.32. The predicted octanol–water partition coefficient (Wildman–Crippen LogP) is 3.11. The zero-order valence-electron chi connectivity index (χ0n) is 10.6. The van der Waals surface area contributed by atoms with Crippen molar-refractivity contribution in [1.82, 2.24) is 0 Å². The SMILES string of the molecule is NCC(CO)(Cc1ccc(Cl)s1)c1cc(F)cc(F)c1. The van der Waals surface area contributed by atoms with Gasteiger partial charge >= 0.3 is 0 Å². The molecule has 0 fully saturated rings. The number of hydrogen-bond acceptors (Lipinski definition) is 3. The van der Waals surface area contributed by atoms with E-state index in [1.54, 1.807) is 6.07 Å². The van der Waals surface area contributed by atoms with Gasteiger partial charge in [-0.05, 0) is 36.2 Å². The summed E-state index contributed by atoms with van der Waals surface area (Å²) in [5.41, 5.74) is 5.20. The molecule has 0 amide bonds. The lowest BCUT2D eigenvalue weighted by Crippen LogP contribution is -2.41. The number of aliphatic hydroxyl groups excluding tert-OH is 1. The topological polar surface area (TPSA) is 46.2 Å². The van der Waals surface area contributed by atoms with Crippen molar-refractivity contribution in [1.29, 1.82) is 0 Å². The zero-order chi connectivity index (χ0) is 14.8.